The van der Waals surface area contributed by atoms with Crippen molar-refractivity contribution in [3.8, 4) is 0 Å². The van der Waals surface area contributed by atoms with Crippen LogP contribution < -0.4 is 16.0 Å². The van der Waals surface area contributed by atoms with Crippen LogP contribution in [0.5, 0.6) is 0 Å². The molecule has 0 spiro atoms. The third-order valence-electron chi connectivity index (χ3n) is 2.87. The summed E-state index contributed by atoms with van der Waals surface area (Å²) < 4.78 is 19.9. The Morgan fingerprint density at radius 1 is 1.20 bits per heavy atom. The van der Waals surface area contributed by atoms with Gasteiger partial charge in [0.05, 0.1) is 5.69 Å². The lowest BCUT2D eigenvalue weighted by molar-refractivity contribution is -0.117. The molecule has 0 radical (unpaired) electrons. The first-order valence-corrected chi connectivity index (χ1v) is 8.74. The fourth-order valence-corrected chi connectivity index (χ4v) is 2.34. The second-order valence-corrected chi connectivity index (χ2v) is 7.88. The smallest absolute Gasteiger partial charge is 0.408 e. The third kappa shape index (κ3) is 7.29. The zero-order chi connectivity index (χ0) is 19.4. The number of carbonyl (C=O) groups is 2. The van der Waals surface area contributed by atoms with Crippen LogP contribution in [0.1, 0.15) is 41.5 Å². The van der Waals surface area contributed by atoms with Gasteiger partial charge in [0, 0.05) is 10.5 Å². The second-order valence-electron chi connectivity index (χ2n) is 6.97. The van der Waals surface area contributed by atoms with Gasteiger partial charge in [-0.15, -0.1) is 0 Å². The second kappa shape index (κ2) is 8.51. The van der Waals surface area contributed by atoms with Crippen molar-refractivity contribution in [2.75, 3.05) is 10.6 Å². The normalized spacial score (nSPS) is 12.5. The van der Waals surface area contributed by atoms with Crippen molar-refractivity contribution in [2.45, 2.75) is 59.2 Å². The number of amides is 2. The summed E-state index contributed by atoms with van der Waals surface area (Å²) in [6.45, 7) is 10.5. The van der Waals surface area contributed by atoms with Crippen molar-refractivity contribution in [3.63, 3.8) is 0 Å². The first-order chi connectivity index (χ1) is 11.4. The van der Waals surface area contributed by atoms with Crippen LogP contribution in [0.2, 0.25) is 0 Å². The van der Waals surface area contributed by atoms with Gasteiger partial charge in [-0.25, -0.2) is 9.18 Å². The Hall–Kier alpha value is -1.83. The molecule has 0 heterocycles. The standard InChI is InChI=1S/C17H25BrFN3O3/c1-9(2)20-13-8-11(18)7-12(19)14(13)22-15(23)10(3)21-16(24)25-17(4,5)6/h7-10,20H,1-6H3,(H,21,24)(H,22,23). The number of carbonyl (C=O) groups excluding carboxylic acids is 2. The average molecular weight is 418 g/mol. The highest BCUT2D eigenvalue weighted by Gasteiger charge is 2.23. The van der Waals surface area contributed by atoms with E-state index in [0.29, 0.717) is 10.2 Å². The van der Waals surface area contributed by atoms with Gasteiger partial charge in [-0.1, -0.05) is 15.9 Å². The number of ether oxygens (including phenoxy) is 1. The summed E-state index contributed by atoms with van der Waals surface area (Å²) in [5, 5.41) is 8.01. The van der Waals surface area contributed by atoms with E-state index in [-0.39, 0.29) is 11.7 Å². The summed E-state index contributed by atoms with van der Waals surface area (Å²) in [5.41, 5.74) is -0.202. The predicted molar refractivity (Wildman–Crippen MR) is 100 cm³/mol. The quantitative estimate of drug-likeness (QED) is 0.668. The van der Waals surface area contributed by atoms with Crippen molar-refractivity contribution < 1.29 is 18.7 Å². The SMILES string of the molecule is CC(C)Nc1cc(Br)cc(F)c1NC(=O)C(C)NC(=O)OC(C)(C)C. The fraction of sp³-hybridized carbons (Fsp3) is 0.529. The Morgan fingerprint density at radius 2 is 1.80 bits per heavy atom. The zero-order valence-electron chi connectivity index (χ0n) is 15.3. The Morgan fingerprint density at radius 3 is 2.32 bits per heavy atom. The van der Waals surface area contributed by atoms with E-state index < -0.39 is 29.5 Å². The summed E-state index contributed by atoms with van der Waals surface area (Å²) in [6.07, 6.45) is -0.716. The van der Waals surface area contributed by atoms with Crippen LogP contribution in [0, 0.1) is 5.82 Å². The van der Waals surface area contributed by atoms with Gasteiger partial charge < -0.3 is 20.7 Å². The van der Waals surface area contributed by atoms with E-state index in [1.165, 1.54) is 13.0 Å². The molecule has 1 unspecified atom stereocenters. The maximum atomic E-state index is 14.3. The lowest BCUT2D eigenvalue weighted by Gasteiger charge is -2.22. The molecule has 0 bridgehead atoms. The molecule has 25 heavy (non-hydrogen) atoms. The Labute approximate surface area is 156 Å². The predicted octanol–water partition coefficient (Wildman–Crippen LogP) is 4.26. The molecule has 0 aliphatic rings. The molecule has 0 aliphatic heterocycles. The van der Waals surface area contributed by atoms with Crippen LogP contribution in [0.3, 0.4) is 0 Å². The van der Waals surface area contributed by atoms with Gasteiger partial charge in [0.15, 0.2) is 0 Å². The summed E-state index contributed by atoms with van der Waals surface area (Å²) in [4.78, 5) is 24.0. The van der Waals surface area contributed by atoms with Crippen molar-refractivity contribution in [1.82, 2.24) is 5.32 Å². The molecule has 0 fully saturated rings. The highest BCUT2D eigenvalue weighted by Crippen LogP contribution is 2.30. The molecule has 2 amide bonds. The van der Waals surface area contributed by atoms with E-state index in [1.54, 1.807) is 26.8 Å². The minimum Gasteiger partial charge on any atom is -0.444 e. The van der Waals surface area contributed by atoms with Crippen LogP contribution in [0.4, 0.5) is 20.6 Å². The van der Waals surface area contributed by atoms with E-state index in [9.17, 15) is 14.0 Å². The van der Waals surface area contributed by atoms with Crippen molar-refractivity contribution >= 4 is 39.3 Å². The number of rotatable bonds is 5. The molecule has 0 aliphatic carbocycles. The molecular formula is C17H25BrFN3O3. The molecule has 1 rings (SSSR count). The molecule has 6 nitrogen and oxygen atoms in total. The molecule has 8 heteroatoms. The molecule has 3 N–H and O–H groups in total. The lowest BCUT2D eigenvalue weighted by atomic mass is 10.2. The van der Waals surface area contributed by atoms with Crippen molar-refractivity contribution in [3.05, 3.63) is 22.4 Å². The minimum atomic E-state index is -0.898. The van der Waals surface area contributed by atoms with Gasteiger partial charge in [-0.05, 0) is 53.7 Å². The van der Waals surface area contributed by atoms with Crippen LogP contribution in [0.25, 0.3) is 0 Å². The number of halogens is 2. The monoisotopic (exact) mass is 417 g/mol. The van der Waals surface area contributed by atoms with Gasteiger partial charge in [0.25, 0.3) is 0 Å². The molecule has 0 saturated carbocycles. The van der Waals surface area contributed by atoms with Crippen LogP contribution in [-0.2, 0) is 9.53 Å². The lowest BCUT2D eigenvalue weighted by Crippen LogP contribution is -2.44. The Kier molecular flexibility index (Phi) is 7.22. The highest BCUT2D eigenvalue weighted by atomic mass is 79.9. The minimum absolute atomic E-state index is 0.0275. The number of hydrogen-bond acceptors (Lipinski definition) is 4. The summed E-state index contributed by atoms with van der Waals surface area (Å²) in [7, 11) is 0. The van der Waals surface area contributed by atoms with E-state index in [0.717, 1.165) is 0 Å². The first-order valence-electron chi connectivity index (χ1n) is 7.95. The van der Waals surface area contributed by atoms with Crippen LogP contribution in [-0.4, -0.2) is 29.7 Å². The Balaban J connectivity index is 2.87. The van der Waals surface area contributed by atoms with Crippen molar-refractivity contribution in [2.24, 2.45) is 0 Å². The maximum absolute atomic E-state index is 14.3. The number of alkyl carbamates (subject to hydrolysis) is 1. The van der Waals surface area contributed by atoms with E-state index in [2.05, 4.69) is 31.9 Å². The molecule has 0 aromatic heterocycles. The van der Waals surface area contributed by atoms with Gasteiger partial charge in [-0.3, -0.25) is 4.79 Å². The van der Waals surface area contributed by atoms with Crippen LogP contribution in [0.15, 0.2) is 16.6 Å². The number of hydrogen-bond donors (Lipinski definition) is 3. The van der Waals surface area contributed by atoms with Crippen molar-refractivity contribution in [1.29, 1.82) is 0 Å². The first kappa shape index (κ1) is 21.2. The Bertz CT molecular complexity index is 645. The number of anilines is 2. The van der Waals surface area contributed by atoms with E-state index in [4.69, 9.17) is 4.74 Å². The summed E-state index contributed by atoms with van der Waals surface area (Å²) >= 11 is 3.23. The molecule has 1 atom stereocenters. The largest absolute Gasteiger partial charge is 0.444 e. The third-order valence-corrected chi connectivity index (χ3v) is 3.33. The number of benzene rings is 1. The van der Waals surface area contributed by atoms with Gasteiger partial charge in [0.1, 0.15) is 23.1 Å². The van der Waals surface area contributed by atoms with E-state index >= 15 is 0 Å². The molecule has 1 aromatic carbocycles. The molecule has 1 aromatic rings. The maximum Gasteiger partial charge on any atom is 0.408 e. The number of nitrogens with one attached hydrogen (secondary N) is 3. The zero-order valence-corrected chi connectivity index (χ0v) is 16.9. The molecule has 0 saturated heterocycles. The fourth-order valence-electron chi connectivity index (χ4n) is 1.91. The van der Waals surface area contributed by atoms with Gasteiger partial charge in [0.2, 0.25) is 5.91 Å². The van der Waals surface area contributed by atoms with Gasteiger partial charge in [-0.2, -0.15) is 0 Å². The topological polar surface area (TPSA) is 79.5 Å². The molecular weight excluding hydrogens is 393 g/mol. The average Bonchev–Trinajstić information content (AvgIpc) is 2.39. The van der Waals surface area contributed by atoms with E-state index in [1.807, 2.05) is 13.8 Å². The summed E-state index contributed by atoms with van der Waals surface area (Å²) in [5.74, 6) is -1.14. The van der Waals surface area contributed by atoms with Crippen LogP contribution >= 0.6 is 15.9 Å². The molecule has 140 valence electrons. The highest BCUT2D eigenvalue weighted by molar-refractivity contribution is 9.10. The summed E-state index contributed by atoms with van der Waals surface area (Å²) in [6, 6.07) is 2.07. The van der Waals surface area contributed by atoms with Gasteiger partial charge >= 0.3 is 6.09 Å².